The first-order valence-electron chi connectivity index (χ1n) is 12.6. The van der Waals surface area contributed by atoms with E-state index in [2.05, 4.69) is 52.6 Å². The molecule has 0 bridgehead atoms. The fourth-order valence-electron chi connectivity index (χ4n) is 5.21. The van der Waals surface area contributed by atoms with Gasteiger partial charge < -0.3 is 19.1 Å². The fraction of sp³-hybridized carbons (Fsp3) is 0.481. The van der Waals surface area contributed by atoms with Gasteiger partial charge in [0.2, 0.25) is 17.7 Å². The van der Waals surface area contributed by atoms with Crippen molar-refractivity contribution in [1.82, 2.24) is 24.3 Å². The predicted molar refractivity (Wildman–Crippen MR) is 133 cm³/mol. The molecule has 3 aromatic rings. The lowest BCUT2D eigenvalue weighted by molar-refractivity contribution is -0.138. The number of carbonyl (C=O) groups is 2. The number of carbonyl (C=O) groups excluding carboxylic acids is 2. The second kappa shape index (κ2) is 10.1. The Balaban J connectivity index is 1.29. The first kappa shape index (κ1) is 23.3. The zero-order valence-corrected chi connectivity index (χ0v) is 20.6. The third-order valence-corrected chi connectivity index (χ3v) is 7.36. The van der Waals surface area contributed by atoms with Crippen LogP contribution in [0.2, 0.25) is 0 Å². The van der Waals surface area contributed by atoms with Crippen LogP contribution in [0.15, 0.2) is 36.7 Å². The molecule has 0 saturated carbocycles. The van der Waals surface area contributed by atoms with Crippen molar-refractivity contribution in [2.24, 2.45) is 0 Å². The van der Waals surface area contributed by atoms with Crippen LogP contribution < -0.4 is 4.74 Å². The number of hydrogen-bond donors (Lipinski definition) is 0. The molecule has 2 amide bonds. The minimum Gasteiger partial charge on any atom is -0.474 e. The number of aryl methyl sites for hydroxylation is 1. The molecule has 0 spiro atoms. The maximum absolute atomic E-state index is 12.8. The van der Waals surface area contributed by atoms with Gasteiger partial charge in [0.05, 0.1) is 11.9 Å². The topological polar surface area (TPSA) is 80.6 Å². The van der Waals surface area contributed by atoms with E-state index < -0.39 is 0 Å². The summed E-state index contributed by atoms with van der Waals surface area (Å²) < 4.78 is 8.68. The molecule has 0 radical (unpaired) electrons. The molecular formula is C27H33N5O3. The van der Waals surface area contributed by atoms with Gasteiger partial charge in [0, 0.05) is 44.7 Å². The van der Waals surface area contributed by atoms with Crippen molar-refractivity contribution in [2.75, 3.05) is 26.2 Å². The van der Waals surface area contributed by atoms with E-state index in [1.54, 1.807) is 11.2 Å². The predicted octanol–water partition coefficient (Wildman–Crippen LogP) is 3.48. The highest BCUT2D eigenvalue weighted by molar-refractivity contribution is 5.87. The van der Waals surface area contributed by atoms with E-state index in [-0.39, 0.29) is 24.5 Å². The smallest absolute Gasteiger partial charge is 0.242 e. The molecule has 8 heteroatoms. The highest BCUT2D eigenvalue weighted by Gasteiger charge is 2.28. The number of aromatic nitrogens is 3. The molecule has 35 heavy (non-hydrogen) atoms. The summed E-state index contributed by atoms with van der Waals surface area (Å²) in [5, 5.41) is 0.964. The highest BCUT2D eigenvalue weighted by atomic mass is 16.5. The van der Waals surface area contributed by atoms with Gasteiger partial charge >= 0.3 is 0 Å². The summed E-state index contributed by atoms with van der Waals surface area (Å²) in [7, 11) is 0. The molecule has 1 atom stereocenters. The first-order chi connectivity index (χ1) is 17.0. The van der Waals surface area contributed by atoms with Crippen LogP contribution in [0.1, 0.15) is 48.9 Å². The number of benzene rings is 1. The molecule has 2 fully saturated rings. The molecule has 5 rings (SSSR count). The van der Waals surface area contributed by atoms with Crippen LogP contribution in [0.3, 0.4) is 0 Å². The monoisotopic (exact) mass is 475 g/mol. The summed E-state index contributed by atoms with van der Waals surface area (Å²) in [6.45, 7) is 7.18. The molecule has 8 nitrogen and oxygen atoms in total. The quantitative estimate of drug-likeness (QED) is 0.545. The fourth-order valence-corrected chi connectivity index (χ4v) is 5.21. The SMILES string of the molecule is Cc1c(C)n(Cc2ccccc2)c2ncnc(OC3CCCN(C(=O)CN4CCCC4=O)CC3)c12. The van der Waals surface area contributed by atoms with Crippen molar-refractivity contribution in [1.29, 1.82) is 0 Å². The lowest BCUT2D eigenvalue weighted by Gasteiger charge is -2.24. The maximum atomic E-state index is 12.8. The largest absolute Gasteiger partial charge is 0.474 e. The molecule has 2 aliphatic heterocycles. The third kappa shape index (κ3) is 4.88. The van der Waals surface area contributed by atoms with Crippen molar-refractivity contribution in [3.63, 3.8) is 0 Å². The second-order valence-corrected chi connectivity index (χ2v) is 9.63. The normalized spacial score (nSPS) is 18.8. The minimum absolute atomic E-state index is 0.0171. The molecular weight excluding hydrogens is 442 g/mol. The standard InChI is InChI=1S/C27H33N5O3/c1-19-20(2)32(16-21-8-4-3-5-9-21)26-25(19)27(29-18-28-26)35-22-10-6-13-30(15-12-22)24(34)17-31-14-7-11-23(31)33/h3-5,8-9,18,22H,6-7,10-17H2,1-2H3. The summed E-state index contributed by atoms with van der Waals surface area (Å²) in [6.07, 6.45) is 5.44. The van der Waals surface area contributed by atoms with Crippen LogP contribution in [-0.2, 0) is 16.1 Å². The second-order valence-electron chi connectivity index (χ2n) is 9.63. The Morgan fingerprint density at radius 3 is 2.66 bits per heavy atom. The van der Waals surface area contributed by atoms with Crippen LogP contribution in [0.4, 0.5) is 0 Å². The highest BCUT2D eigenvalue weighted by Crippen LogP contribution is 2.32. The van der Waals surface area contributed by atoms with Crippen LogP contribution in [0, 0.1) is 13.8 Å². The Labute approximate surface area is 205 Å². The van der Waals surface area contributed by atoms with E-state index in [1.165, 1.54) is 5.56 Å². The number of ether oxygens (including phenoxy) is 1. The number of rotatable bonds is 6. The number of nitrogens with zero attached hydrogens (tertiary/aromatic N) is 5. The van der Waals surface area contributed by atoms with Crippen molar-refractivity contribution in [2.45, 2.75) is 58.6 Å². The molecule has 1 unspecified atom stereocenters. The number of amides is 2. The summed E-state index contributed by atoms with van der Waals surface area (Å²) in [4.78, 5) is 37.4. The lowest BCUT2D eigenvalue weighted by Crippen LogP contribution is -2.41. The van der Waals surface area contributed by atoms with Crippen LogP contribution in [0.25, 0.3) is 11.0 Å². The van der Waals surface area contributed by atoms with Gasteiger partial charge in [-0.1, -0.05) is 30.3 Å². The van der Waals surface area contributed by atoms with Crippen molar-refractivity contribution >= 4 is 22.8 Å². The molecule has 0 N–H and O–H groups in total. The zero-order valence-electron chi connectivity index (χ0n) is 20.6. The summed E-state index contributed by atoms with van der Waals surface area (Å²) in [5.74, 6) is 0.747. The van der Waals surface area contributed by atoms with E-state index in [0.29, 0.717) is 31.9 Å². The van der Waals surface area contributed by atoms with E-state index in [4.69, 9.17) is 4.74 Å². The van der Waals surface area contributed by atoms with Crippen LogP contribution in [0.5, 0.6) is 5.88 Å². The number of hydrogen-bond acceptors (Lipinski definition) is 5. The first-order valence-corrected chi connectivity index (χ1v) is 12.6. The van der Waals surface area contributed by atoms with Gasteiger partial charge in [0.25, 0.3) is 0 Å². The number of fused-ring (bicyclic) bond motifs is 1. The molecule has 1 aromatic carbocycles. The molecule has 2 aromatic heterocycles. The Bertz CT molecular complexity index is 1220. The maximum Gasteiger partial charge on any atom is 0.242 e. The molecule has 2 aliphatic rings. The Hall–Kier alpha value is -3.42. The Morgan fingerprint density at radius 2 is 1.89 bits per heavy atom. The molecule has 4 heterocycles. The van der Waals surface area contributed by atoms with Gasteiger partial charge in [-0.3, -0.25) is 9.59 Å². The van der Waals surface area contributed by atoms with E-state index in [1.807, 2.05) is 11.0 Å². The van der Waals surface area contributed by atoms with E-state index in [0.717, 1.165) is 54.5 Å². The van der Waals surface area contributed by atoms with Crippen molar-refractivity contribution in [3.8, 4) is 5.88 Å². The van der Waals surface area contributed by atoms with Gasteiger partial charge in [-0.05, 0) is 44.2 Å². The summed E-state index contributed by atoms with van der Waals surface area (Å²) in [5.41, 5.74) is 4.39. The van der Waals surface area contributed by atoms with Gasteiger partial charge in [0.1, 0.15) is 18.1 Å². The molecule has 0 aliphatic carbocycles. The minimum atomic E-state index is -0.0171. The third-order valence-electron chi connectivity index (χ3n) is 7.36. The van der Waals surface area contributed by atoms with Crippen molar-refractivity contribution in [3.05, 3.63) is 53.5 Å². The Kier molecular flexibility index (Phi) is 6.70. The van der Waals surface area contributed by atoms with E-state index >= 15 is 0 Å². The zero-order chi connectivity index (χ0) is 24.4. The molecule has 184 valence electrons. The molecule has 2 saturated heterocycles. The van der Waals surface area contributed by atoms with Crippen molar-refractivity contribution < 1.29 is 14.3 Å². The summed E-state index contributed by atoms with van der Waals surface area (Å²) >= 11 is 0. The Morgan fingerprint density at radius 1 is 1.06 bits per heavy atom. The van der Waals surface area contributed by atoms with Gasteiger partial charge in [-0.2, -0.15) is 0 Å². The number of likely N-dealkylation sites (tertiary alicyclic amines) is 2. The van der Waals surface area contributed by atoms with Gasteiger partial charge in [0.15, 0.2) is 0 Å². The van der Waals surface area contributed by atoms with Gasteiger partial charge in [-0.15, -0.1) is 0 Å². The average Bonchev–Trinajstić information content (AvgIpc) is 3.25. The van der Waals surface area contributed by atoms with E-state index in [9.17, 15) is 9.59 Å². The van der Waals surface area contributed by atoms with Crippen LogP contribution in [-0.4, -0.2) is 68.4 Å². The lowest BCUT2D eigenvalue weighted by atomic mass is 10.1. The van der Waals surface area contributed by atoms with Gasteiger partial charge in [-0.25, -0.2) is 9.97 Å². The van der Waals surface area contributed by atoms with Crippen LogP contribution >= 0.6 is 0 Å². The average molecular weight is 476 g/mol. The summed E-state index contributed by atoms with van der Waals surface area (Å²) in [6, 6.07) is 10.4.